The summed E-state index contributed by atoms with van der Waals surface area (Å²) in [5.41, 5.74) is 7.46. The molecular formula is C17H26N2O3. The minimum atomic E-state index is -0.817. The molecule has 22 heavy (non-hydrogen) atoms. The highest BCUT2D eigenvalue weighted by molar-refractivity contribution is 5.86. The largest absolute Gasteiger partial charge is 0.491 e. The second kappa shape index (κ2) is 7.11. The van der Waals surface area contributed by atoms with Crippen molar-refractivity contribution < 1.29 is 14.3 Å². The van der Waals surface area contributed by atoms with Crippen molar-refractivity contribution in [3.8, 4) is 5.75 Å². The van der Waals surface area contributed by atoms with Gasteiger partial charge in [-0.25, -0.2) is 0 Å². The third kappa shape index (κ3) is 4.21. The van der Waals surface area contributed by atoms with Crippen LogP contribution in [0.2, 0.25) is 0 Å². The van der Waals surface area contributed by atoms with Gasteiger partial charge in [-0.05, 0) is 45.2 Å². The fraction of sp³-hybridized carbons (Fsp3) is 0.588. The van der Waals surface area contributed by atoms with Crippen LogP contribution < -0.4 is 15.8 Å². The molecule has 1 heterocycles. The molecule has 0 radical (unpaired) electrons. The molecule has 1 aliphatic heterocycles. The van der Waals surface area contributed by atoms with Gasteiger partial charge in [0.25, 0.3) is 0 Å². The van der Waals surface area contributed by atoms with E-state index in [1.54, 1.807) is 0 Å². The monoisotopic (exact) mass is 306 g/mol. The molecule has 0 bridgehead atoms. The van der Waals surface area contributed by atoms with E-state index in [4.69, 9.17) is 15.2 Å². The van der Waals surface area contributed by atoms with Crippen LogP contribution in [-0.2, 0) is 16.1 Å². The zero-order valence-electron chi connectivity index (χ0n) is 13.6. The molecule has 3 N–H and O–H groups in total. The molecule has 1 saturated heterocycles. The smallest absolute Gasteiger partial charge is 0.240 e. The second-order valence-electron chi connectivity index (χ2n) is 6.23. The van der Waals surface area contributed by atoms with Crippen LogP contribution in [0.4, 0.5) is 0 Å². The molecule has 2 rings (SSSR count). The fourth-order valence-electron chi connectivity index (χ4n) is 2.49. The van der Waals surface area contributed by atoms with E-state index >= 15 is 0 Å². The summed E-state index contributed by atoms with van der Waals surface area (Å²) in [6.07, 6.45) is 1.21. The van der Waals surface area contributed by atoms with Gasteiger partial charge in [0.2, 0.25) is 5.91 Å². The van der Waals surface area contributed by atoms with Gasteiger partial charge in [-0.1, -0.05) is 12.1 Å². The summed E-state index contributed by atoms with van der Waals surface area (Å²) in [5.74, 6) is 0.695. The average Bonchev–Trinajstić information content (AvgIpc) is 2.46. The average molecular weight is 306 g/mol. The van der Waals surface area contributed by atoms with E-state index in [0.717, 1.165) is 16.9 Å². The number of ether oxygens (including phenoxy) is 2. The third-order valence-electron chi connectivity index (χ3n) is 3.86. The Hall–Kier alpha value is -1.59. The minimum absolute atomic E-state index is 0.0904. The second-order valence-corrected chi connectivity index (χ2v) is 6.23. The van der Waals surface area contributed by atoms with E-state index in [1.165, 1.54) is 0 Å². The Labute approximate surface area is 132 Å². The van der Waals surface area contributed by atoms with Gasteiger partial charge in [0.05, 0.1) is 11.6 Å². The number of carbonyl (C=O) groups is 1. The molecule has 5 nitrogen and oxygen atoms in total. The topological polar surface area (TPSA) is 73.6 Å². The van der Waals surface area contributed by atoms with Crippen LogP contribution >= 0.6 is 0 Å². The third-order valence-corrected chi connectivity index (χ3v) is 3.86. The maximum Gasteiger partial charge on any atom is 0.240 e. The molecule has 1 aromatic carbocycles. The van der Waals surface area contributed by atoms with Gasteiger partial charge in [0.1, 0.15) is 5.75 Å². The van der Waals surface area contributed by atoms with Crippen molar-refractivity contribution in [3.05, 3.63) is 29.3 Å². The first-order valence-corrected chi connectivity index (χ1v) is 7.82. The molecule has 0 unspecified atom stereocenters. The summed E-state index contributed by atoms with van der Waals surface area (Å²) in [5, 5.41) is 2.94. The van der Waals surface area contributed by atoms with Gasteiger partial charge >= 0.3 is 0 Å². The number of carbonyl (C=O) groups excluding carboxylic acids is 1. The van der Waals surface area contributed by atoms with Crippen LogP contribution in [0.15, 0.2) is 18.2 Å². The van der Waals surface area contributed by atoms with E-state index in [1.807, 2.05) is 39.0 Å². The number of benzene rings is 1. The summed E-state index contributed by atoms with van der Waals surface area (Å²) in [6.45, 7) is 7.49. The van der Waals surface area contributed by atoms with Crippen molar-refractivity contribution >= 4 is 5.91 Å². The van der Waals surface area contributed by atoms with E-state index in [2.05, 4.69) is 5.32 Å². The fourth-order valence-corrected chi connectivity index (χ4v) is 2.49. The number of nitrogens with one attached hydrogen (secondary N) is 1. The Morgan fingerprint density at radius 2 is 2.09 bits per heavy atom. The maximum atomic E-state index is 12.4. The lowest BCUT2D eigenvalue weighted by Gasteiger charge is -2.31. The predicted molar refractivity (Wildman–Crippen MR) is 85.8 cm³/mol. The number of amides is 1. The molecule has 0 atom stereocenters. The standard InChI is InChI=1S/C17H26N2O3/c1-12(2)22-15-10-13(3)4-5-14(15)11-19-16(20)17(18)6-8-21-9-7-17/h4-5,10,12H,6-9,11,18H2,1-3H3,(H,19,20). The molecule has 0 aromatic heterocycles. The lowest BCUT2D eigenvalue weighted by atomic mass is 9.90. The Bertz CT molecular complexity index is 523. The summed E-state index contributed by atoms with van der Waals surface area (Å²) < 4.78 is 11.1. The van der Waals surface area contributed by atoms with E-state index in [-0.39, 0.29) is 12.0 Å². The highest BCUT2D eigenvalue weighted by Gasteiger charge is 2.35. The summed E-state index contributed by atoms with van der Waals surface area (Å²) in [4.78, 5) is 12.4. The molecule has 0 saturated carbocycles. The molecule has 0 spiro atoms. The van der Waals surface area contributed by atoms with Gasteiger partial charge < -0.3 is 20.5 Å². The molecule has 0 aliphatic carbocycles. The van der Waals surface area contributed by atoms with Crippen LogP contribution in [0.5, 0.6) is 5.75 Å². The Balaban J connectivity index is 2.03. The normalized spacial score (nSPS) is 17.3. The molecule has 5 heteroatoms. The number of rotatable bonds is 5. The molecule has 122 valence electrons. The maximum absolute atomic E-state index is 12.4. The van der Waals surface area contributed by atoms with Crippen molar-refractivity contribution in [2.24, 2.45) is 5.73 Å². The number of aryl methyl sites for hydroxylation is 1. The van der Waals surface area contributed by atoms with Gasteiger partial charge in [-0.15, -0.1) is 0 Å². The summed E-state index contributed by atoms with van der Waals surface area (Å²) >= 11 is 0. The first-order chi connectivity index (χ1) is 10.4. The van der Waals surface area contributed by atoms with Crippen LogP contribution in [0.1, 0.15) is 37.8 Å². The van der Waals surface area contributed by atoms with Crippen LogP contribution in [0.3, 0.4) is 0 Å². The molecule has 1 aromatic rings. The van der Waals surface area contributed by atoms with E-state index < -0.39 is 5.54 Å². The van der Waals surface area contributed by atoms with Gasteiger partial charge in [0, 0.05) is 25.3 Å². The van der Waals surface area contributed by atoms with Gasteiger partial charge in [-0.2, -0.15) is 0 Å². The number of nitrogens with two attached hydrogens (primary N) is 1. The zero-order chi connectivity index (χ0) is 16.2. The van der Waals surface area contributed by atoms with E-state index in [0.29, 0.717) is 32.6 Å². The Morgan fingerprint density at radius 3 is 2.73 bits per heavy atom. The highest BCUT2D eigenvalue weighted by atomic mass is 16.5. The first-order valence-electron chi connectivity index (χ1n) is 7.82. The van der Waals surface area contributed by atoms with Gasteiger partial charge in [0.15, 0.2) is 0 Å². The SMILES string of the molecule is Cc1ccc(CNC(=O)C2(N)CCOCC2)c(OC(C)C)c1. The molecule has 1 fully saturated rings. The lowest BCUT2D eigenvalue weighted by Crippen LogP contribution is -2.56. The number of hydrogen-bond donors (Lipinski definition) is 2. The van der Waals surface area contributed by atoms with Crippen molar-refractivity contribution in [1.29, 1.82) is 0 Å². The first kappa shape index (κ1) is 16.8. The van der Waals surface area contributed by atoms with Crippen LogP contribution in [0, 0.1) is 6.92 Å². The van der Waals surface area contributed by atoms with Gasteiger partial charge in [-0.3, -0.25) is 4.79 Å². The van der Waals surface area contributed by atoms with Crippen molar-refractivity contribution in [1.82, 2.24) is 5.32 Å². The molecule has 1 amide bonds. The molecule has 1 aliphatic rings. The van der Waals surface area contributed by atoms with Crippen LogP contribution in [0.25, 0.3) is 0 Å². The van der Waals surface area contributed by atoms with Crippen LogP contribution in [-0.4, -0.2) is 30.8 Å². The highest BCUT2D eigenvalue weighted by Crippen LogP contribution is 2.23. The quantitative estimate of drug-likeness (QED) is 0.871. The lowest BCUT2D eigenvalue weighted by molar-refractivity contribution is -0.129. The zero-order valence-corrected chi connectivity index (χ0v) is 13.6. The van der Waals surface area contributed by atoms with E-state index in [9.17, 15) is 4.79 Å². The van der Waals surface area contributed by atoms with Crippen molar-refractivity contribution in [2.45, 2.75) is 51.8 Å². The summed E-state index contributed by atoms with van der Waals surface area (Å²) in [7, 11) is 0. The predicted octanol–water partition coefficient (Wildman–Crippen LogP) is 1.91. The van der Waals surface area contributed by atoms with Crippen molar-refractivity contribution in [3.63, 3.8) is 0 Å². The Morgan fingerprint density at radius 1 is 1.41 bits per heavy atom. The number of hydrogen-bond acceptors (Lipinski definition) is 4. The van der Waals surface area contributed by atoms with Crippen molar-refractivity contribution in [2.75, 3.05) is 13.2 Å². The molecular weight excluding hydrogens is 280 g/mol. The summed E-state index contributed by atoms with van der Waals surface area (Å²) in [6, 6.07) is 6.00. The minimum Gasteiger partial charge on any atom is -0.491 e. The Kier molecular flexibility index (Phi) is 5.42.